The Balaban J connectivity index is 2.16. The smallest absolute Gasteiger partial charge is 0.138 e. The summed E-state index contributed by atoms with van der Waals surface area (Å²) in [5.41, 5.74) is 9.21. The van der Waals surface area contributed by atoms with Crippen molar-refractivity contribution in [3.8, 4) is 11.4 Å². The molecule has 1 heterocycles. The molecule has 0 amide bonds. The number of fused-ring (bicyclic) bond motifs is 1. The number of hydrogen-bond donors (Lipinski definition) is 2. The molecular formula is C13H9BrClN3. The van der Waals surface area contributed by atoms with Crippen LogP contribution in [0.25, 0.3) is 22.4 Å². The molecule has 5 heteroatoms. The first-order valence-electron chi connectivity index (χ1n) is 5.34. The van der Waals surface area contributed by atoms with Gasteiger partial charge in [0.05, 0.1) is 16.1 Å². The van der Waals surface area contributed by atoms with Gasteiger partial charge in [-0.25, -0.2) is 4.98 Å². The molecule has 3 aromatic rings. The topological polar surface area (TPSA) is 54.7 Å². The molecule has 3 N–H and O–H groups in total. The molecule has 0 saturated heterocycles. The number of nitrogens with zero attached hydrogens (tertiary/aromatic N) is 1. The third-order valence-corrected chi connectivity index (χ3v) is 3.93. The number of nitrogens with two attached hydrogens (primary N) is 1. The van der Waals surface area contributed by atoms with Crippen LogP contribution < -0.4 is 5.73 Å². The highest BCUT2D eigenvalue weighted by Gasteiger charge is 2.07. The lowest BCUT2D eigenvalue weighted by molar-refractivity contribution is 1.33. The standard InChI is InChI=1S/C13H9BrClN3/c14-9-3-1-7(5-10(9)15)13-17-11-4-2-8(16)6-12(11)18-13/h1-6H,16H2,(H,17,18). The summed E-state index contributed by atoms with van der Waals surface area (Å²) in [7, 11) is 0. The lowest BCUT2D eigenvalue weighted by atomic mass is 10.2. The molecule has 90 valence electrons. The van der Waals surface area contributed by atoms with Crippen LogP contribution >= 0.6 is 27.5 Å². The van der Waals surface area contributed by atoms with E-state index in [2.05, 4.69) is 25.9 Å². The number of rotatable bonds is 1. The Kier molecular flexibility index (Phi) is 2.76. The van der Waals surface area contributed by atoms with Crippen LogP contribution in [0.4, 0.5) is 5.69 Å². The maximum atomic E-state index is 6.08. The van der Waals surface area contributed by atoms with Crippen molar-refractivity contribution < 1.29 is 0 Å². The van der Waals surface area contributed by atoms with Crippen molar-refractivity contribution in [2.75, 3.05) is 5.73 Å². The molecule has 0 spiro atoms. The van der Waals surface area contributed by atoms with Crippen LogP contribution in [0.15, 0.2) is 40.9 Å². The lowest BCUT2D eigenvalue weighted by Crippen LogP contribution is -1.82. The Morgan fingerprint density at radius 3 is 2.78 bits per heavy atom. The van der Waals surface area contributed by atoms with E-state index < -0.39 is 0 Å². The Bertz CT molecular complexity index is 736. The van der Waals surface area contributed by atoms with Crippen LogP contribution in [0, 0.1) is 0 Å². The van der Waals surface area contributed by atoms with Crippen molar-refractivity contribution in [3.63, 3.8) is 0 Å². The number of imidazole rings is 1. The Morgan fingerprint density at radius 1 is 1.17 bits per heavy atom. The van der Waals surface area contributed by atoms with E-state index in [1.807, 2.05) is 36.4 Å². The first-order valence-corrected chi connectivity index (χ1v) is 6.51. The number of nitrogen functional groups attached to an aromatic ring is 1. The minimum atomic E-state index is 0.660. The number of anilines is 1. The third kappa shape index (κ3) is 1.98. The molecule has 0 aliphatic heterocycles. The SMILES string of the molecule is Nc1ccc2nc(-c3ccc(Br)c(Cl)c3)[nH]c2c1. The van der Waals surface area contributed by atoms with Gasteiger partial charge in [-0.2, -0.15) is 0 Å². The fraction of sp³-hybridized carbons (Fsp3) is 0. The average Bonchev–Trinajstić information content (AvgIpc) is 2.75. The Labute approximate surface area is 117 Å². The van der Waals surface area contributed by atoms with Gasteiger partial charge in [-0.3, -0.25) is 0 Å². The summed E-state index contributed by atoms with van der Waals surface area (Å²) in [5, 5.41) is 0.660. The second kappa shape index (κ2) is 4.30. The minimum absolute atomic E-state index is 0.660. The zero-order valence-corrected chi connectivity index (χ0v) is 11.6. The highest BCUT2D eigenvalue weighted by atomic mass is 79.9. The summed E-state index contributed by atoms with van der Waals surface area (Å²) in [6.45, 7) is 0. The van der Waals surface area contributed by atoms with E-state index in [4.69, 9.17) is 17.3 Å². The van der Waals surface area contributed by atoms with Crippen molar-refractivity contribution in [2.24, 2.45) is 0 Å². The second-order valence-corrected chi connectivity index (χ2v) is 5.25. The lowest BCUT2D eigenvalue weighted by Gasteiger charge is -1.99. The van der Waals surface area contributed by atoms with Crippen LogP contribution in [0.5, 0.6) is 0 Å². The van der Waals surface area contributed by atoms with E-state index in [-0.39, 0.29) is 0 Å². The first-order chi connectivity index (χ1) is 8.63. The van der Waals surface area contributed by atoms with Crippen molar-refractivity contribution in [1.29, 1.82) is 0 Å². The van der Waals surface area contributed by atoms with Crippen molar-refractivity contribution in [2.45, 2.75) is 0 Å². The molecule has 0 fully saturated rings. The van der Waals surface area contributed by atoms with Gasteiger partial charge in [0.15, 0.2) is 0 Å². The molecule has 0 radical (unpaired) electrons. The van der Waals surface area contributed by atoms with Gasteiger partial charge >= 0.3 is 0 Å². The van der Waals surface area contributed by atoms with Gasteiger partial charge in [-0.15, -0.1) is 0 Å². The summed E-state index contributed by atoms with van der Waals surface area (Å²) in [5.74, 6) is 0.782. The van der Waals surface area contributed by atoms with Gasteiger partial charge in [0, 0.05) is 15.7 Å². The van der Waals surface area contributed by atoms with Crippen molar-refractivity contribution in [3.05, 3.63) is 45.9 Å². The summed E-state index contributed by atoms with van der Waals surface area (Å²) >= 11 is 9.45. The van der Waals surface area contributed by atoms with Gasteiger partial charge in [0.1, 0.15) is 5.82 Å². The molecule has 0 aliphatic rings. The third-order valence-electron chi connectivity index (χ3n) is 2.70. The molecule has 3 rings (SSSR count). The molecular weight excluding hydrogens is 314 g/mol. The summed E-state index contributed by atoms with van der Waals surface area (Å²) in [4.78, 5) is 7.74. The molecule has 0 atom stereocenters. The van der Waals surface area contributed by atoms with E-state index in [1.165, 1.54) is 0 Å². The molecule has 2 aromatic carbocycles. The minimum Gasteiger partial charge on any atom is -0.399 e. The van der Waals surface area contributed by atoms with E-state index in [1.54, 1.807) is 0 Å². The highest BCUT2D eigenvalue weighted by molar-refractivity contribution is 9.10. The maximum Gasteiger partial charge on any atom is 0.138 e. The number of H-pyrrole nitrogens is 1. The predicted molar refractivity (Wildman–Crippen MR) is 78.7 cm³/mol. The van der Waals surface area contributed by atoms with Crippen LogP contribution in [-0.4, -0.2) is 9.97 Å². The zero-order valence-electron chi connectivity index (χ0n) is 9.24. The van der Waals surface area contributed by atoms with Crippen LogP contribution in [0.2, 0.25) is 5.02 Å². The van der Waals surface area contributed by atoms with Crippen LogP contribution in [-0.2, 0) is 0 Å². The van der Waals surface area contributed by atoms with Gasteiger partial charge in [0.25, 0.3) is 0 Å². The highest BCUT2D eigenvalue weighted by Crippen LogP contribution is 2.28. The largest absolute Gasteiger partial charge is 0.399 e. The second-order valence-electron chi connectivity index (χ2n) is 3.99. The predicted octanol–water partition coefficient (Wildman–Crippen LogP) is 4.23. The Morgan fingerprint density at radius 2 is 2.00 bits per heavy atom. The number of benzene rings is 2. The summed E-state index contributed by atoms with van der Waals surface area (Å²) in [6, 6.07) is 11.3. The van der Waals surface area contributed by atoms with E-state index in [0.29, 0.717) is 10.7 Å². The van der Waals surface area contributed by atoms with Gasteiger partial charge in [0.2, 0.25) is 0 Å². The first kappa shape index (κ1) is 11.6. The normalized spacial score (nSPS) is 11.0. The molecule has 18 heavy (non-hydrogen) atoms. The summed E-state index contributed by atoms with van der Waals surface area (Å²) in [6.07, 6.45) is 0. The number of halogens is 2. The van der Waals surface area contributed by atoms with E-state index in [0.717, 1.165) is 26.9 Å². The zero-order chi connectivity index (χ0) is 12.7. The van der Waals surface area contributed by atoms with Crippen molar-refractivity contribution in [1.82, 2.24) is 9.97 Å². The summed E-state index contributed by atoms with van der Waals surface area (Å²) < 4.78 is 0.869. The fourth-order valence-corrected chi connectivity index (χ4v) is 2.23. The average molecular weight is 323 g/mol. The molecule has 0 aliphatic carbocycles. The number of aromatic nitrogens is 2. The van der Waals surface area contributed by atoms with E-state index in [9.17, 15) is 0 Å². The Hall–Kier alpha value is -1.52. The number of nitrogens with one attached hydrogen (secondary N) is 1. The van der Waals surface area contributed by atoms with Gasteiger partial charge in [-0.05, 0) is 46.3 Å². The number of aromatic amines is 1. The fourth-order valence-electron chi connectivity index (χ4n) is 1.81. The van der Waals surface area contributed by atoms with Gasteiger partial charge in [-0.1, -0.05) is 17.7 Å². The molecule has 0 saturated carbocycles. The molecule has 1 aromatic heterocycles. The quantitative estimate of drug-likeness (QED) is 0.659. The molecule has 0 bridgehead atoms. The molecule has 3 nitrogen and oxygen atoms in total. The monoisotopic (exact) mass is 321 g/mol. The van der Waals surface area contributed by atoms with Crippen LogP contribution in [0.3, 0.4) is 0 Å². The van der Waals surface area contributed by atoms with E-state index >= 15 is 0 Å². The molecule has 0 unspecified atom stereocenters. The number of hydrogen-bond acceptors (Lipinski definition) is 2. The van der Waals surface area contributed by atoms with Gasteiger partial charge < -0.3 is 10.7 Å². The van der Waals surface area contributed by atoms with Crippen molar-refractivity contribution >= 4 is 44.3 Å². The van der Waals surface area contributed by atoms with Crippen LogP contribution in [0.1, 0.15) is 0 Å². The maximum absolute atomic E-state index is 6.08.